The lowest BCUT2D eigenvalue weighted by Crippen LogP contribution is -2.54. The minimum atomic E-state index is -0.746. The molecule has 7 nitrogen and oxygen atoms in total. The van der Waals surface area contributed by atoms with Crippen molar-refractivity contribution in [1.29, 1.82) is 0 Å². The van der Waals surface area contributed by atoms with Crippen LogP contribution >= 0.6 is 0 Å². The molecule has 3 amide bonds. The van der Waals surface area contributed by atoms with Crippen molar-refractivity contribution in [2.75, 3.05) is 13.6 Å². The Kier molecular flexibility index (Phi) is 7.54. The van der Waals surface area contributed by atoms with Gasteiger partial charge in [0.2, 0.25) is 11.8 Å². The number of hydrogen-bond donors (Lipinski definition) is 2. The van der Waals surface area contributed by atoms with E-state index in [0.29, 0.717) is 31.5 Å². The lowest BCUT2D eigenvalue weighted by molar-refractivity contribution is -0.136. The average molecular weight is 509 g/mol. The molecular weight excluding hydrogens is 476 g/mol. The van der Waals surface area contributed by atoms with E-state index in [4.69, 9.17) is 0 Å². The highest BCUT2D eigenvalue weighted by molar-refractivity contribution is 6.08. The summed E-state index contributed by atoms with van der Waals surface area (Å²) >= 11 is 0. The van der Waals surface area contributed by atoms with Crippen LogP contribution in [0, 0.1) is 0 Å². The van der Waals surface area contributed by atoms with E-state index in [-0.39, 0.29) is 17.7 Å². The Labute approximate surface area is 222 Å². The highest BCUT2D eigenvalue weighted by Crippen LogP contribution is 2.25. The molecule has 1 unspecified atom stereocenters. The molecule has 1 aliphatic heterocycles. The van der Waals surface area contributed by atoms with Crippen molar-refractivity contribution in [2.45, 2.75) is 37.9 Å². The van der Waals surface area contributed by atoms with Crippen LogP contribution < -0.4 is 5.32 Å². The van der Waals surface area contributed by atoms with Crippen LogP contribution in [-0.4, -0.2) is 58.2 Å². The second-order valence-corrected chi connectivity index (χ2v) is 9.84. The first-order valence-electron chi connectivity index (χ1n) is 13.0. The van der Waals surface area contributed by atoms with E-state index in [0.717, 1.165) is 28.5 Å². The summed E-state index contributed by atoms with van der Waals surface area (Å²) in [4.78, 5) is 47.1. The fourth-order valence-corrected chi connectivity index (χ4v) is 5.20. The minimum Gasteiger partial charge on any atom is -0.360 e. The number of hydrogen-bond acceptors (Lipinski definition) is 3. The smallest absolute Gasteiger partial charge is 0.256 e. The molecule has 38 heavy (non-hydrogen) atoms. The number of carbonyl (C=O) groups excluding carboxylic acids is 3. The fraction of sp³-hybridized carbons (Fsp3) is 0.258. The van der Waals surface area contributed by atoms with Crippen molar-refractivity contribution in [2.24, 2.45) is 0 Å². The Morgan fingerprint density at radius 2 is 1.61 bits per heavy atom. The van der Waals surface area contributed by atoms with Crippen molar-refractivity contribution in [3.05, 3.63) is 108 Å². The van der Waals surface area contributed by atoms with Gasteiger partial charge in [-0.1, -0.05) is 78.9 Å². The monoisotopic (exact) mass is 508 g/mol. The maximum Gasteiger partial charge on any atom is 0.256 e. The van der Waals surface area contributed by atoms with E-state index in [9.17, 15) is 14.4 Å². The zero-order valence-electron chi connectivity index (χ0n) is 21.5. The Morgan fingerprint density at radius 3 is 2.34 bits per heavy atom. The van der Waals surface area contributed by atoms with Gasteiger partial charge in [0.05, 0.1) is 5.56 Å². The number of para-hydroxylation sites is 1. The van der Waals surface area contributed by atoms with E-state index in [1.54, 1.807) is 23.0 Å². The van der Waals surface area contributed by atoms with E-state index in [1.165, 1.54) is 0 Å². The van der Waals surface area contributed by atoms with E-state index in [2.05, 4.69) is 10.3 Å². The normalized spacial score (nSPS) is 15.8. The molecule has 1 aliphatic rings. The quantitative estimate of drug-likeness (QED) is 0.375. The molecule has 0 radical (unpaired) electrons. The highest BCUT2D eigenvalue weighted by Gasteiger charge is 2.37. The van der Waals surface area contributed by atoms with Crippen molar-refractivity contribution in [1.82, 2.24) is 20.1 Å². The Morgan fingerprint density at radius 1 is 0.947 bits per heavy atom. The van der Waals surface area contributed by atoms with Crippen molar-refractivity contribution in [3.63, 3.8) is 0 Å². The van der Waals surface area contributed by atoms with E-state index < -0.39 is 12.1 Å². The third-order valence-electron chi connectivity index (χ3n) is 7.17. The van der Waals surface area contributed by atoms with Gasteiger partial charge in [0.15, 0.2) is 0 Å². The molecule has 1 fully saturated rings. The highest BCUT2D eigenvalue weighted by atomic mass is 16.2. The minimum absolute atomic E-state index is 0.168. The third-order valence-corrected chi connectivity index (χ3v) is 7.17. The zero-order valence-corrected chi connectivity index (χ0v) is 21.5. The van der Waals surface area contributed by atoms with E-state index in [1.807, 2.05) is 84.9 Å². The summed E-state index contributed by atoms with van der Waals surface area (Å²) in [7, 11) is 1.75. The number of aromatic amines is 1. The number of fused-ring (bicyclic) bond motifs is 1. The Bertz CT molecular complexity index is 1420. The molecule has 1 saturated heterocycles. The molecule has 0 bridgehead atoms. The van der Waals surface area contributed by atoms with Gasteiger partial charge in [-0.3, -0.25) is 14.4 Å². The number of aromatic nitrogens is 1. The van der Waals surface area contributed by atoms with Crippen LogP contribution in [0.3, 0.4) is 0 Å². The van der Waals surface area contributed by atoms with Gasteiger partial charge < -0.3 is 20.1 Å². The van der Waals surface area contributed by atoms with Gasteiger partial charge in [-0.15, -0.1) is 0 Å². The van der Waals surface area contributed by atoms with Gasteiger partial charge in [-0.25, -0.2) is 0 Å². The summed E-state index contributed by atoms with van der Waals surface area (Å²) in [6, 6.07) is 25.7. The largest absolute Gasteiger partial charge is 0.360 e. The molecule has 4 aromatic rings. The second kappa shape index (κ2) is 11.3. The molecule has 5 rings (SSSR count). The summed E-state index contributed by atoms with van der Waals surface area (Å²) in [5.41, 5.74) is 3.41. The van der Waals surface area contributed by atoms with Gasteiger partial charge in [-0.05, 0) is 30.0 Å². The number of rotatable bonds is 8. The lowest BCUT2D eigenvalue weighted by atomic mass is 10.0. The van der Waals surface area contributed by atoms with Crippen LogP contribution in [0.15, 0.2) is 91.1 Å². The van der Waals surface area contributed by atoms with Crippen molar-refractivity contribution >= 4 is 28.6 Å². The second-order valence-electron chi connectivity index (χ2n) is 9.84. The number of nitrogens with one attached hydrogen (secondary N) is 2. The third kappa shape index (κ3) is 5.47. The van der Waals surface area contributed by atoms with Gasteiger partial charge in [0.1, 0.15) is 12.1 Å². The van der Waals surface area contributed by atoms with Gasteiger partial charge in [-0.2, -0.15) is 0 Å². The van der Waals surface area contributed by atoms with Crippen LogP contribution in [0.25, 0.3) is 10.9 Å². The summed E-state index contributed by atoms with van der Waals surface area (Å²) in [6.45, 7) is 0.942. The van der Waals surface area contributed by atoms with Crippen LogP contribution in [0.1, 0.15) is 34.3 Å². The first-order valence-corrected chi connectivity index (χ1v) is 13.0. The number of likely N-dealkylation sites (N-methyl/N-ethyl adjacent to an activating group) is 1. The SMILES string of the molecule is CN(Cc1ccccc1)C(=O)[C@@H](Cc1ccccc1)NC(=O)C1CCCN1C(=O)c1c[nH]c2ccccc12. The van der Waals surface area contributed by atoms with Crippen molar-refractivity contribution < 1.29 is 14.4 Å². The molecule has 2 atom stereocenters. The standard InChI is InChI=1S/C31H32N4O3/c1-34(21-23-13-6-3-7-14-23)31(38)27(19-22-11-4-2-5-12-22)33-29(36)28-17-10-18-35(28)30(37)25-20-32-26-16-9-8-15-24(25)26/h2-9,11-16,20,27-28,32H,10,17-19,21H2,1H3,(H,33,36)/t27-,28?/m1/s1. The number of nitrogens with zero attached hydrogens (tertiary/aromatic N) is 2. The van der Waals surface area contributed by atoms with Crippen LogP contribution in [0.4, 0.5) is 0 Å². The first-order chi connectivity index (χ1) is 18.5. The fourth-order valence-electron chi connectivity index (χ4n) is 5.20. The molecular formula is C31H32N4O3. The Hall–Kier alpha value is -4.39. The summed E-state index contributed by atoms with van der Waals surface area (Å²) in [6.07, 6.45) is 3.37. The number of amides is 3. The summed E-state index contributed by atoms with van der Waals surface area (Å²) < 4.78 is 0. The predicted octanol–water partition coefficient (Wildman–Crippen LogP) is 4.16. The molecule has 1 aromatic heterocycles. The van der Waals surface area contributed by atoms with Crippen LogP contribution in [-0.2, 0) is 22.6 Å². The lowest BCUT2D eigenvalue weighted by Gasteiger charge is -2.28. The van der Waals surface area contributed by atoms with E-state index >= 15 is 0 Å². The average Bonchev–Trinajstić information content (AvgIpc) is 3.61. The summed E-state index contributed by atoms with van der Waals surface area (Å²) in [5.74, 6) is -0.635. The first kappa shape index (κ1) is 25.3. The number of benzene rings is 3. The number of likely N-dealkylation sites (tertiary alicyclic amines) is 1. The topological polar surface area (TPSA) is 85.5 Å². The summed E-state index contributed by atoms with van der Waals surface area (Å²) in [5, 5.41) is 3.85. The van der Waals surface area contributed by atoms with Crippen molar-refractivity contribution in [3.8, 4) is 0 Å². The molecule has 7 heteroatoms. The number of H-pyrrole nitrogens is 1. The maximum absolute atomic E-state index is 13.6. The molecule has 0 aliphatic carbocycles. The molecule has 0 spiro atoms. The number of carbonyl (C=O) groups is 3. The van der Waals surface area contributed by atoms with Crippen LogP contribution in [0.2, 0.25) is 0 Å². The molecule has 2 heterocycles. The molecule has 2 N–H and O–H groups in total. The van der Waals surface area contributed by atoms with Gasteiger partial charge in [0, 0.05) is 43.7 Å². The molecule has 3 aromatic carbocycles. The molecule has 0 saturated carbocycles. The zero-order chi connectivity index (χ0) is 26.5. The van der Waals surface area contributed by atoms with Gasteiger partial charge >= 0.3 is 0 Å². The van der Waals surface area contributed by atoms with Crippen LogP contribution in [0.5, 0.6) is 0 Å². The molecule has 194 valence electrons. The van der Waals surface area contributed by atoms with Gasteiger partial charge in [0.25, 0.3) is 5.91 Å². The maximum atomic E-state index is 13.6. The Balaban J connectivity index is 1.34. The predicted molar refractivity (Wildman–Crippen MR) is 147 cm³/mol.